The molecule has 1 rings (SSSR count). The van der Waals surface area contributed by atoms with E-state index in [1.165, 1.54) is 0 Å². The Labute approximate surface area is 98.5 Å². The third-order valence-electron chi connectivity index (χ3n) is 3.21. The zero-order valence-corrected chi connectivity index (χ0v) is 10.6. The first-order valence-corrected chi connectivity index (χ1v) is 6.31. The lowest BCUT2D eigenvalue weighted by Crippen LogP contribution is -2.44. The number of hydrogen-bond donors (Lipinski definition) is 0. The van der Waals surface area contributed by atoms with Crippen molar-refractivity contribution < 1.29 is 9.53 Å². The normalized spacial score (nSPS) is 24.8. The molecule has 0 saturated carbocycles. The van der Waals surface area contributed by atoms with E-state index in [0.717, 1.165) is 25.9 Å². The van der Waals surface area contributed by atoms with E-state index in [4.69, 9.17) is 4.74 Å². The zero-order chi connectivity index (χ0) is 12.0. The monoisotopic (exact) mass is 225 g/mol. The van der Waals surface area contributed by atoms with Crippen LogP contribution in [0.5, 0.6) is 0 Å². The molecule has 0 spiro atoms. The van der Waals surface area contributed by atoms with Crippen LogP contribution in [0.25, 0.3) is 0 Å². The van der Waals surface area contributed by atoms with Gasteiger partial charge in [-0.2, -0.15) is 0 Å². The van der Waals surface area contributed by atoms with Crippen molar-refractivity contribution in [3.63, 3.8) is 0 Å². The van der Waals surface area contributed by atoms with E-state index >= 15 is 0 Å². The van der Waals surface area contributed by atoms with Crippen LogP contribution in [0.15, 0.2) is 12.2 Å². The van der Waals surface area contributed by atoms with Crippen LogP contribution in [-0.2, 0) is 9.53 Å². The van der Waals surface area contributed by atoms with E-state index in [-0.39, 0.29) is 17.9 Å². The summed E-state index contributed by atoms with van der Waals surface area (Å²) in [7, 11) is 0. The molecule has 0 aromatic carbocycles. The minimum absolute atomic E-state index is 0.0184. The summed E-state index contributed by atoms with van der Waals surface area (Å²) >= 11 is 0. The molecule has 0 saturated heterocycles. The Kier molecular flexibility index (Phi) is 5.53. The van der Waals surface area contributed by atoms with Crippen LogP contribution in [0.2, 0.25) is 0 Å². The van der Waals surface area contributed by atoms with Gasteiger partial charge in [-0.25, -0.2) is 0 Å². The van der Waals surface area contributed by atoms with Gasteiger partial charge >= 0.3 is 5.97 Å². The molecule has 0 amide bonds. The Hall–Kier alpha value is -0.830. The van der Waals surface area contributed by atoms with Crippen LogP contribution in [0.3, 0.4) is 0 Å². The topological polar surface area (TPSA) is 29.5 Å². The van der Waals surface area contributed by atoms with Crippen molar-refractivity contribution in [2.75, 3.05) is 19.7 Å². The van der Waals surface area contributed by atoms with Gasteiger partial charge in [-0.05, 0) is 32.9 Å². The van der Waals surface area contributed by atoms with Gasteiger partial charge in [-0.15, -0.1) is 0 Å². The van der Waals surface area contributed by atoms with E-state index in [9.17, 15) is 4.79 Å². The molecule has 1 aliphatic carbocycles. The molecule has 0 heterocycles. The highest BCUT2D eigenvalue weighted by Crippen LogP contribution is 2.24. The first kappa shape index (κ1) is 13.2. The van der Waals surface area contributed by atoms with Crippen molar-refractivity contribution >= 4 is 5.97 Å². The predicted octanol–water partition coefficient (Wildman–Crippen LogP) is 2.23. The maximum Gasteiger partial charge on any atom is 0.310 e. The van der Waals surface area contributed by atoms with Crippen molar-refractivity contribution in [2.24, 2.45) is 5.92 Å². The number of ether oxygens (including phenoxy) is 1. The molecular weight excluding hydrogens is 202 g/mol. The first-order chi connectivity index (χ1) is 7.74. The average Bonchev–Trinajstić information content (AvgIpc) is 2.31. The minimum atomic E-state index is -0.0382. The molecule has 1 aliphatic rings. The molecule has 3 nitrogen and oxygen atoms in total. The molecule has 2 unspecified atom stereocenters. The maximum absolute atomic E-state index is 11.9. The summed E-state index contributed by atoms with van der Waals surface area (Å²) in [6, 6.07) is 0.225. The van der Waals surface area contributed by atoms with Crippen LogP contribution in [0, 0.1) is 5.92 Å². The van der Waals surface area contributed by atoms with Gasteiger partial charge in [0.25, 0.3) is 0 Å². The quantitative estimate of drug-likeness (QED) is 0.531. The van der Waals surface area contributed by atoms with Gasteiger partial charge < -0.3 is 4.74 Å². The fourth-order valence-corrected chi connectivity index (χ4v) is 2.34. The molecule has 0 aromatic heterocycles. The number of esters is 1. The van der Waals surface area contributed by atoms with Crippen molar-refractivity contribution in [3.05, 3.63) is 12.2 Å². The van der Waals surface area contributed by atoms with Crippen LogP contribution in [-0.4, -0.2) is 36.6 Å². The summed E-state index contributed by atoms with van der Waals surface area (Å²) in [5.74, 6) is -0.0198. The smallest absolute Gasteiger partial charge is 0.310 e. The van der Waals surface area contributed by atoms with E-state index in [0.29, 0.717) is 6.61 Å². The third-order valence-corrected chi connectivity index (χ3v) is 3.21. The molecule has 2 atom stereocenters. The Balaban J connectivity index is 2.73. The molecule has 0 bridgehead atoms. The van der Waals surface area contributed by atoms with E-state index < -0.39 is 0 Å². The highest BCUT2D eigenvalue weighted by molar-refractivity contribution is 5.74. The predicted molar refractivity (Wildman–Crippen MR) is 65.2 cm³/mol. The molecule has 0 N–H and O–H groups in total. The van der Waals surface area contributed by atoms with Crippen molar-refractivity contribution in [2.45, 2.75) is 39.7 Å². The lowest BCUT2D eigenvalue weighted by Gasteiger charge is -2.34. The third kappa shape index (κ3) is 3.08. The average molecular weight is 225 g/mol. The number of allylic oxidation sites excluding steroid dienone is 1. The van der Waals surface area contributed by atoms with E-state index in [2.05, 4.69) is 30.9 Å². The van der Waals surface area contributed by atoms with Crippen LogP contribution in [0.1, 0.15) is 33.6 Å². The van der Waals surface area contributed by atoms with Gasteiger partial charge in [0.1, 0.15) is 0 Å². The molecule has 92 valence electrons. The van der Waals surface area contributed by atoms with Crippen molar-refractivity contribution in [1.29, 1.82) is 0 Å². The number of likely N-dealkylation sites (N-methyl/N-ethyl adjacent to an activating group) is 1. The van der Waals surface area contributed by atoms with Gasteiger partial charge in [-0.1, -0.05) is 26.0 Å². The van der Waals surface area contributed by atoms with Crippen molar-refractivity contribution in [1.82, 2.24) is 4.90 Å². The molecule has 0 aromatic rings. The number of carbonyl (C=O) groups excluding carboxylic acids is 1. The van der Waals surface area contributed by atoms with Crippen LogP contribution < -0.4 is 0 Å². The Morgan fingerprint density at radius 2 is 2.06 bits per heavy atom. The van der Waals surface area contributed by atoms with Gasteiger partial charge in [0.05, 0.1) is 12.5 Å². The number of hydrogen-bond acceptors (Lipinski definition) is 3. The summed E-state index contributed by atoms with van der Waals surface area (Å²) < 4.78 is 5.15. The second-order valence-electron chi connectivity index (χ2n) is 4.08. The van der Waals surface area contributed by atoms with Gasteiger partial charge in [0, 0.05) is 6.04 Å². The fraction of sp³-hybridized carbons (Fsp3) is 0.769. The summed E-state index contributed by atoms with van der Waals surface area (Å²) in [6.45, 7) is 8.55. The summed E-state index contributed by atoms with van der Waals surface area (Å²) in [5, 5.41) is 0. The Morgan fingerprint density at radius 1 is 1.38 bits per heavy atom. The van der Waals surface area contributed by atoms with Gasteiger partial charge in [0.15, 0.2) is 0 Å². The van der Waals surface area contributed by atoms with Crippen LogP contribution in [0.4, 0.5) is 0 Å². The molecule has 16 heavy (non-hydrogen) atoms. The molecule has 0 aliphatic heterocycles. The van der Waals surface area contributed by atoms with Crippen molar-refractivity contribution in [3.8, 4) is 0 Å². The Morgan fingerprint density at radius 3 is 2.62 bits per heavy atom. The lowest BCUT2D eigenvalue weighted by molar-refractivity contribution is -0.150. The zero-order valence-electron chi connectivity index (χ0n) is 10.6. The summed E-state index contributed by atoms with van der Waals surface area (Å²) in [4.78, 5) is 14.2. The first-order valence-electron chi connectivity index (χ1n) is 6.31. The van der Waals surface area contributed by atoms with E-state index in [1.807, 2.05) is 6.92 Å². The van der Waals surface area contributed by atoms with Gasteiger partial charge in [0.2, 0.25) is 0 Å². The molecular formula is C13H23NO2. The van der Waals surface area contributed by atoms with Crippen LogP contribution >= 0.6 is 0 Å². The Bertz CT molecular complexity index is 246. The highest BCUT2D eigenvalue weighted by Gasteiger charge is 2.32. The highest BCUT2D eigenvalue weighted by atomic mass is 16.5. The van der Waals surface area contributed by atoms with E-state index in [1.54, 1.807) is 0 Å². The largest absolute Gasteiger partial charge is 0.466 e. The van der Waals surface area contributed by atoms with Gasteiger partial charge in [-0.3, -0.25) is 9.69 Å². The second kappa shape index (κ2) is 6.69. The lowest BCUT2D eigenvalue weighted by atomic mass is 9.88. The summed E-state index contributed by atoms with van der Waals surface area (Å²) in [5.41, 5.74) is 0. The fourth-order valence-electron chi connectivity index (χ4n) is 2.34. The number of rotatable bonds is 5. The maximum atomic E-state index is 11.9. The standard InChI is InChI=1S/C13H23NO2/c1-4-14(5-2)12-10-8-7-9-11(12)13(15)16-6-3/h8,10-12H,4-7,9H2,1-3H3. The molecule has 0 radical (unpaired) electrons. The second-order valence-corrected chi connectivity index (χ2v) is 4.08. The number of carbonyl (C=O) groups is 1. The summed E-state index contributed by atoms with van der Waals surface area (Å²) in [6.07, 6.45) is 6.24. The number of nitrogens with zero attached hydrogens (tertiary/aromatic N) is 1. The SMILES string of the molecule is CCOC(=O)C1CCC=CC1N(CC)CC. The minimum Gasteiger partial charge on any atom is -0.466 e. The molecule has 0 fully saturated rings. The molecule has 3 heteroatoms.